The van der Waals surface area contributed by atoms with Gasteiger partial charge in [0.25, 0.3) is 0 Å². The molecule has 0 saturated heterocycles. The lowest BCUT2D eigenvalue weighted by Crippen LogP contribution is -2.26. The van der Waals surface area contributed by atoms with E-state index in [1.807, 2.05) is 17.1 Å². The number of carbonyl (C=O) groups is 1. The Labute approximate surface area is 128 Å². The first-order valence-corrected chi connectivity index (χ1v) is 9.05. The number of thioether (sulfide) groups is 1. The van der Waals surface area contributed by atoms with Crippen molar-refractivity contribution in [1.82, 2.24) is 4.98 Å². The topological polar surface area (TPSA) is 51.2 Å². The van der Waals surface area contributed by atoms with E-state index in [0.717, 1.165) is 10.8 Å². The fourth-order valence-corrected chi connectivity index (χ4v) is 4.49. The average Bonchev–Trinajstić information content (AvgIpc) is 3.07. The zero-order chi connectivity index (χ0) is 14.4. The monoisotopic (exact) mass is 314 g/mol. The van der Waals surface area contributed by atoms with Crippen molar-refractivity contribution < 1.29 is 9.53 Å². The molecule has 0 aromatic carbocycles. The zero-order valence-electron chi connectivity index (χ0n) is 12.1. The van der Waals surface area contributed by atoms with Gasteiger partial charge in [0.2, 0.25) is 0 Å². The zero-order valence-corrected chi connectivity index (χ0v) is 13.7. The number of esters is 1. The smallest absolute Gasteiger partial charge is 0.305 e. The standard InChI is InChI=1S/C14H22N2O2S2/c1-3-19-12-6-4-5-11(12)16-14-15-10(9-20-14)7-8-13(17)18-2/h9,11-12H,3-8H2,1-2H3,(H,15,16). The van der Waals surface area contributed by atoms with Crippen molar-refractivity contribution in [1.29, 1.82) is 0 Å². The van der Waals surface area contributed by atoms with Crippen LogP contribution in [-0.4, -0.2) is 35.1 Å². The lowest BCUT2D eigenvalue weighted by Gasteiger charge is -2.19. The van der Waals surface area contributed by atoms with Gasteiger partial charge in [0, 0.05) is 23.1 Å². The van der Waals surface area contributed by atoms with E-state index < -0.39 is 0 Å². The SMILES string of the molecule is CCSC1CCCC1Nc1nc(CCC(=O)OC)cs1. The Morgan fingerprint density at radius 3 is 3.20 bits per heavy atom. The number of carbonyl (C=O) groups excluding carboxylic acids is 1. The molecule has 0 bridgehead atoms. The summed E-state index contributed by atoms with van der Waals surface area (Å²) in [6.45, 7) is 2.22. The van der Waals surface area contributed by atoms with Gasteiger partial charge in [-0.2, -0.15) is 11.8 Å². The lowest BCUT2D eigenvalue weighted by atomic mass is 10.2. The first-order chi connectivity index (χ1) is 9.72. The van der Waals surface area contributed by atoms with Gasteiger partial charge in [-0.15, -0.1) is 11.3 Å². The number of nitrogens with one attached hydrogen (secondary N) is 1. The lowest BCUT2D eigenvalue weighted by molar-refractivity contribution is -0.140. The highest BCUT2D eigenvalue weighted by Gasteiger charge is 2.27. The summed E-state index contributed by atoms with van der Waals surface area (Å²) in [6.07, 6.45) is 4.89. The molecule has 1 aliphatic carbocycles. The van der Waals surface area contributed by atoms with E-state index in [2.05, 4.69) is 22.0 Å². The van der Waals surface area contributed by atoms with Crippen LogP contribution in [0, 0.1) is 0 Å². The highest BCUT2D eigenvalue weighted by Crippen LogP contribution is 2.32. The van der Waals surface area contributed by atoms with Gasteiger partial charge in [0.05, 0.1) is 19.2 Å². The summed E-state index contributed by atoms with van der Waals surface area (Å²) in [7, 11) is 1.42. The Morgan fingerprint density at radius 2 is 2.45 bits per heavy atom. The van der Waals surface area contributed by atoms with Crippen LogP contribution < -0.4 is 5.32 Å². The second kappa shape index (κ2) is 7.88. The molecular formula is C14H22N2O2S2. The van der Waals surface area contributed by atoms with Crippen LogP contribution in [0.15, 0.2) is 5.38 Å². The van der Waals surface area contributed by atoms with Crippen LogP contribution in [0.3, 0.4) is 0 Å². The van der Waals surface area contributed by atoms with E-state index in [-0.39, 0.29) is 5.97 Å². The normalized spacial score (nSPS) is 21.9. The predicted octanol–water partition coefficient (Wildman–Crippen LogP) is 3.33. The quantitative estimate of drug-likeness (QED) is 0.782. The average molecular weight is 314 g/mol. The molecule has 4 nitrogen and oxygen atoms in total. The third-order valence-electron chi connectivity index (χ3n) is 3.51. The van der Waals surface area contributed by atoms with Crippen LogP contribution >= 0.6 is 23.1 Å². The van der Waals surface area contributed by atoms with Gasteiger partial charge in [-0.25, -0.2) is 4.98 Å². The molecular weight excluding hydrogens is 292 g/mol. The largest absolute Gasteiger partial charge is 0.469 e. The van der Waals surface area contributed by atoms with E-state index >= 15 is 0 Å². The van der Waals surface area contributed by atoms with Crippen molar-refractivity contribution in [2.24, 2.45) is 0 Å². The maximum atomic E-state index is 11.1. The summed E-state index contributed by atoms with van der Waals surface area (Å²) in [5, 5.41) is 7.29. The maximum Gasteiger partial charge on any atom is 0.305 e. The minimum Gasteiger partial charge on any atom is -0.469 e. The number of rotatable bonds is 7. The van der Waals surface area contributed by atoms with Crippen LogP contribution in [0.1, 0.15) is 38.3 Å². The molecule has 1 aromatic rings. The van der Waals surface area contributed by atoms with E-state index in [1.165, 1.54) is 32.1 Å². The van der Waals surface area contributed by atoms with Gasteiger partial charge >= 0.3 is 5.97 Å². The molecule has 2 rings (SSSR count). The first kappa shape index (κ1) is 15.6. The van der Waals surface area contributed by atoms with Crippen molar-refractivity contribution in [3.05, 3.63) is 11.1 Å². The molecule has 20 heavy (non-hydrogen) atoms. The number of hydrogen-bond donors (Lipinski definition) is 1. The van der Waals surface area contributed by atoms with E-state index in [0.29, 0.717) is 24.1 Å². The van der Waals surface area contributed by atoms with Gasteiger partial charge < -0.3 is 10.1 Å². The Kier molecular flexibility index (Phi) is 6.16. The molecule has 6 heteroatoms. The van der Waals surface area contributed by atoms with Gasteiger partial charge in [0.1, 0.15) is 0 Å². The van der Waals surface area contributed by atoms with Crippen molar-refractivity contribution >= 4 is 34.2 Å². The van der Waals surface area contributed by atoms with Gasteiger partial charge in [-0.3, -0.25) is 4.79 Å². The van der Waals surface area contributed by atoms with Crippen LogP contribution in [0.2, 0.25) is 0 Å². The van der Waals surface area contributed by atoms with Crippen LogP contribution in [0.5, 0.6) is 0 Å². The fraction of sp³-hybridized carbons (Fsp3) is 0.714. The van der Waals surface area contributed by atoms with Crippen LogP contribution in [0.25, 0.3) is 0 Å². The second-order valence-electron chi connectivity index (χ2n) is 4.90. The Hall–Kier alpha value is -0.750. The number of hydrogen-bond acceptors (Lipinski definition) is 6. The molecule has 1 N–H and O–H groups in total. The highest BCUT2D eigenvalue weighted by atomic mass is 32.2. The molecule has 1 aliphatic rings. The summed E-state index contributed by atoms with van der Waals surface area (Å²) >= 11 is 3.68. The van der Waals surface area contributed by atoms with Crippen molar-refractivity contribution in [2.45, 2.75) is 50.3 Å². The number of thiazole rings is 1. The number of methoxy groups -OCH3 is 1. The molecule has 1 fully saturated rings. The van der Waals surface area contributed by atoms with Crippen molar-refractivity contribution in [2.75, 3.05) is 18.2 Å². The Morgan fingerprint density at radius 1 is 1.60 bits per heavy atom. The Balaban J connectivity index is 1.84. The summed E-state index contributed by atoms with van der Waals surface area (Å²) in [4.78, 5) is 15.7. The predicted molar refractivity (Wildman–Crippen MR) is 85.6 cm³/mol. The van der Waals surface area contributed by atoms with E-state index in [1.54, 1.807) is 11.3 Å². The van der Waals surface area contributed by atoms with E-state index in [9.17, 15) is 4.79 Å². The van der Waals surface area contributed by atoms with Crippen LogP contribution in [0.4, 0.5) is 5.13 Å². The first-order valence-electron chi connectivity index (χ1n) is 7.12. The summed E-state index contributed by atoms with van der Waals surface area (Å²) < 4.78 is 4.65. The molecule has 0 aliphatic heterocycles. The molecule has 0 spiro atoms. The highest BCUT2D eigenvalue weighted by molar-refractivity contribution is 7.99. The molecule has 1 saturated carbocycles. The summed E-state index contributed by atoms with van der Waals surface area (Å²) in [5.41, 5.74) is 0.973. The minimum atomic E-state index is -0.178. The number of aryl methyl sites for hydroxylation is 1. The summed E-state index contributed by atoms with van der Waals surface area (Å²) in [5.74, 6) is 0.994. The second-order valence-corrected chi connectivity index (χ2v) is 7.27. The molecule has 0 amide bonds. The minimum absolute atomic E-state index is 0.178. The number of aromatic nitrogens is 1. The van der Waals surface area contributed by atoms with Gasteiger partial charge in [-0.1, -0.05) is 13.3 Å². The third-order valence-corrected chi connectivity index (χ3v) is 5.65. The van der Waals surface area contributed by atoms with Gasteiger partial charge in [-0.05, 0) is 18.6 Å². The molecule has 1 heterocycles. The maximum absolute atomic E-state index is 11.1. The van der Waals surface area contributed by atoms with Crippen molar-refractivity contribution in [3.63, 3.8) is 0 Å². The molecule has 1 aromatic heterocycles. The van der Waals surface area contributed by atoms with Gasteiger partial charge in [0.15, 0.2) is 5.13 Å². The van der Waals surface area contributed by atoms with E-state index in [4.69, 9.17) is 0 Å². The third kappa shape index (κ3) is 4.38. The molecule has 112 valence electrons. The molecule has 2 atom stereocenters. The number of nitrogens with zero attached hydrogens (tertiary/aromatic N) is 1. The van der Waals surface area contributed by atoms with Crippen LogP contribution in [-0.2, 0) is 16.0 Å². The number of anilines is 1. The number of ether oxygens (including phenoxy) is 1. The fourth-order valence-electron chi connectivity index (χ4n) is 2.48. The molecule has 2 unspecified atom stereocenters. The summed E-state index contributed by atoms with van der Waals surface area (Å²) in [6, 6.07) is 0.541. The van der Waals surface area contributed by atoms with Crippen molar-refractivity contribution in [3.8, 4) is 0 Å². The molecule has 0 radical (unpaired) electrons. The Bertz CT molecular complexity index is 437.